The van der Waals surface area contributed by atoms with Crippen LogP contribution in [0.4, 0.5) is 0 Å². The highest BCUT2D eigenvalue weighted by Gasteiger charge is 2.50. The molecule has 0 bridgehead atoms. The van der Waals surface area contributed by atoms with E-state index in [1.54, 1.807) is 6.20 Å². The van der Waals surface area contributed by atoms with Gasteiger partial charge < -0.3 is 5.11 Å². The molecule has 1 N–H and O–H groups in total. The summed E-state index contributed by atoms with van der Waals surface area (Å²) in [6.07, 6.45) is 6.74. The number of allylic oxidation sites excluding steroid dienone is 1. The molecule has 0 saturated carbocycles. The highest BCUT2D eigenvalue weighted by atomic mass is 16.3. The van der Waals surface area contributed by atoms with Crippen LogP contribution in [0.1, 0.15) is 57.0 Å². The third-order valence-corrected chi connectivity index (χ3v) is 7.72. The Labute approximate surface area is 195 Å². The van der Waals surface area contributed by atoms with Crippen molar-refractivity contribution in [1.29, 1.82) is 5.26 Å². The van der Waals surface area contributed by atoms with Crippen molar-refractivity contribution in [3.63, 3.8) is 0 Å². The maximum absolute atomic E-state index is 10.7. The Morgan fingerprint density at radius 2 is 1.97 bits per heavy atom. The SMILES string of the molecule is CC(C)c1ccc(-c2nc3c(n2-c2cccnc2)CC[C@@H]2[C@@H](C)C(O)C(C#N)=C[C@@]32C)cc1. The Balaban J connectivity index is 1.75. The molecule has 3 aromatic rings. The van der Waals surface area contributed by atoms with Crippen LogP contribution in [0.25, 0.3) is 17.1 Å². The molecule has 0 aliphatic heterocycles. The van der Waals surface area contributed by atoms with Crippen LogP contribution in [0.5, 0.6) is 0 Å². The van der Waals surface area contributed by atoms with Crippen molar-refractivity contribution in [3.8, 4) is 23.1 Å². The number of aromatic nitrogens is 3. The zero-order chi connectivity index (χ0) is 23.3. The van der Waals surface area contributed by atoms with Gasteiger partial charge in [-0.25, -0.2) is 4.98 Å². The van der Waals surface area contributed by atoms with Gasteiger partial charge in [0.05, 0.1) is 35.3 Å². The average Bonchev–Trinajstić information content (AvgIpc) is 3.23. The Morgan fingerprint density at radius 1 is 1.21 bits per heavy atom. The van der Waals surface area contributed by atoms with Crippen LogP contribution in [-0.2, 0) is 11.8 Å². The van der Waals surface area contributed by atoms with Gasteiger partial charge >= 0.3 is 0 Å². The maximum atomic E-state index is 10.7. The number of hydrogen-bond donors (Lipinski definition) is 1. The van der Waals surface area contributed by atoms with E-state index in [-0.39, 0.29) is 11.8 Å². The largest absolute Gasteiger partial charge is 0.387 e. The fourth-order valence-electron chi connectivity index (χ4n) is 5.85. The minimum Gasteiger partial charge on any atom is -0.387 e. The monoisotopic (exact) mass is 438 g/mol. The van der Waals surface area contributed by atoms with Crippen molar-refractivity contribution in [1.82, 2.24) is 14.5 Å². The van der Waals surface area contributed by atoms with Crippen molar-refractivity contribution in [3.05, 3.63) is 77.4 Å². The van der Waals surface area contributed by atoms with Gasteiger partial charge in [0.25, 0.3) is 0 Å². The summed E-state index contributed by atoms with van der Waals surface area (Å²) in [5.41, 5.74) is 5.58. The second-order valence-electron chi connectivity index (χ2n) is 10.00. The molecule has 0 spiro atoms. The number of hydrogen-bond acceptors (Lipinski definition) is 4. The van der Waals surface area contributed by atoms with Gasteiger partial charge in [-0.05, 0) is 48.3 Å². The lowest BCUT2D eigenvalue weighted by atomic mass is 9.58. The second-order valence-corrected chi connectivity index (χ2v) is 10.00. The molecular weight excluding hydrogens is 408 g/mol. The number of nitriles is 1. The predicted molar refractivity (Wildman–Crippen MR) is 129 cm³/mol. The summed E-state index contributed by atoms with van der Waals surface area (Å²) in [6, 6.07) is 14.9. The smallest absolute Gasteiger partial charge is 0.145 e. The molecule has 2 aliphatic carbocycles. The summed E-state index contributed by atoms with van der Waals surface area (Å²) < 4.78 is 2.24. The molecule has 4 atom stereocenters. The standard InChI is InChI=1S/C28H30N4O/c1-17(2)19-7-9-20(10-8-19)27-31-26-24(32(27)22-6-5-13-30-16-22)12-11-23-18(3)25(33)21(15-29)14-28(23,26)4/h5-10,13-14,16-18,23,25,33H,11-12H2,1-4H3/t18-,23-,25?,28-/m1/s1. The van der Waals surface area contributed by atoms with Gasteiger partial charge in [-0.3, -0.25) is 9.55 Å². The van der Waals surface area contributed by atoms with Gasteiger partial charge in [0.15, 0.2) is 0 Å². The van der Waals surface area contributed by atoms with Crippen LogP contribution in [0, 0.1) is 23.2 Å². The maximum Gasteiger partial charge on any atom is 0.145 e. The first-order valence-corrected chi connectivity index (χ1v) is 11.8. The summed E-state index contributed by atoms with van der Waals surface area (Å²) in [4.78, 5) is 9.63. The van der Waals surface area contributed by atoms with Gasteiger partial charge in [-0.15, -0.1) is 0 Å². The van der Waals surface area contributed by atoms with Crippen LogP contribution in [0.3, 0.4) is 0 Å². The quantitative estimate of drug-likeness (QED) is 0.599. The summed E-state index contributed by atoms with van der Waals surface area (Å²) >= 11 is 0. The number of nitrogens with zero attached hydrogens (tertiary/aromatic N) is 4. The lowest BCUT2D eigenvalue weighted by molar-refractivity contribution is 0.0668. The number of benzene rings is 1. The third-order valence-electron chi connectivity index (χ3n) is 7.72. The molecule has 0 amide bonds. The number of rotatable bonds is 3. The molecule has 33 heavy (non-hydrogen) atoms. The van der Waals surface area contributed by atoms with E-state index in [0.717, 1.165) is 35.6 Å². The molecule has 2 aliphatic rings. The lowest BCUT2D eigenvalue weighted by Gasteiger charge is -2.46. The van der Waals surface area contributed by atoms with Crippen molar-refractivity contribution >= 4 is 0 Å². The van der Waals surface area contributed by atoms with E-state index in [4.69, 9.17) is 4.98 Å². The van der Waals surface area contributed by atoms with Gasteiger partial charge in [-0.2, -0.15) is 5.26 Å². The Bertz CT molecular complexity index is 1250. The van der Waals surface area contributed by atoms with Gasteiger partial charge in [-0.1, -0.05) is 58.0 Å². The van der Waals surface area contributed by atoms with Crippen LogP contribution >= 0.6 is 0 Å². The number of fused-ring (bicyclic) bond motifs is 3. The number of aliphatic hydroxyl groups is 1. The normalized spacial score (nSPS) is 26.3. The van der Waals surface area contributed by atoms with E-state index < -0.39 is 11.5 Å². The first-order valence-electron chi connectivity index (χ1n) is 11.8. The molecule has 2 heterocycles. The highest BCUT2D eigenvalue weighted by Crippen LogP contribution is 2.51. The fraction of sp³-hybridized carbons (Fsp3) is 0.393. The van der Waals surface area contributed by atoms with E-state index >= 15 is 0 Å². The summed E-state index contributed by atoms with van der Waals surface area (Å²) in [7, 11) is 0. The average molecular weight is 439 g/mol. The zero-order valence-corrected chi connectivity index (χ0v) is 19.7. The Hall–Kier alpha value is -3.23. The minimum absolute atomic E-state index is 0.000109. The Kier molecular flexibility index (Phi) is 5.22. The summed E-state index contributed by atoms with van der Waals surface area (Å²) in [5.74, 6) is 1.59. The van der Waals surface area contributed by atoms with Gasteiger partial charge in [0.1, 0.15) is 5.82 Å². The van der Waals surface area contributed by atoms with Crippen LogP contribution in [-0.4, -0.2) is 25.7 Å². The lowest BCUT2D eigenvalue weighted by Crippen LogP contribution is -2.47. The molecule has 0 fully saturated rings. The molecule has 5 heteroatoms. The van der Waals surface area contributed by atoms with Gasteiger partial charge in [0, 0.05) is 22.9 Å². The van der Waals surface area contributed by atoms with Crippen LogP contribution < -0.4 is 0 Å². The molecule has 1 unspecified atom stereocenters. The first kappa shape index (κ1) is 21.6. The summed E-state index contributed by atoms with van der Waals surface area (Å²) in [5, 5.41) is 20.4. The second kappa shape index (κ2) is 7.97. The van der Waals surface area contributed by atoms with Crippen molar-refractivity contribution in [2.45, 2.75) is 58.0 Å². The molecule has 5 rings (SSSR count). The molecule has 0 radical (unpaired) electrons. The molecule has 5 nitrogen and oxygen atoms in total. The predicted octanol–water partition coefficient (Wildman–Crippen LogP) is 5.34. The molecule has 168 valence electrons. The van der Waals surface area contributed by atoms with Gasteiger partial charge in [0.2, 0.25) is 0 Å². The highest BCUT2D eigenvalue weighted by molar-refractivity contribution is 5.63. The molecule has 1 aromatic carbocycles. The zero-order valence-electron chi connectivity index (χ0n) is 19.7. The van der Waals surface area contributed by atoms with E-state index in [1.807, 2.05) is 18.3 Å². The van der Waals surface area contributed by atoms with Crippen LogP contribution in [0.2, 0.25) is 0 Å². The number of imidazole rings is 1. The summed E-state index contributed by atoms with van der Waals surface area (Å²) in [6.45, 7) is 8.64. The van der Waals surface area contributed by atoms with Crippen molar-refractivity contribution in [2.24, 2.45) is 11.8 Å². The van der Waals surface area contributed by atoms with E-state index in [1.165, 1.54) is 11.3 Å². The minimum atomic E-state index is -0.710. The van der Waals surface area contributed by atoms with E-state index in [2.05, 4.69) is 73.6 Å². The number of pyridine rings is 1. The topological polar surface area (TPSA) is 74.7 Å². The van der Waals surface area contributed by atoms with Crippen molar-refractivity contribution in [2.75, 3.05) is 0 Å². The molecular formula is C28H30N4O. The van der Waals surface area contributed by atoms with Crippen LogP contribution in [0.15, 0.2) is 60.4 Å². The van der Waals surface area contributed by atoms with E-state index in [0.29, 0.717) is 11.5 Å². The third kappa shape index (κ3) is 3.32. The Morgan fingerprint density at radius 3 is 2.61 bits per heavy atom. The molecule has 2 aromatic heterocycles. The van der Waals surface area contributed by atoms with Crippen molar-refractivity contribution < 1.29 is 5.11 Å². The first-order chi connectivity index (χ1) is 15.8. The molecule has 0 saturated heterocycles. The number of aliphatic hydroxyl groups excluding tert-OH is 1. The fourth-order valence-corrected chi connectivity index (χ4v) is 5.85. The van der Waals surface area contributed by atoms with E-state index in [9.17, 15) is 10.4 Å².